The highest BCUT2D eigenvalue weighted by Gasteiger charge is 2.19. The number of benzene rings is 2. The van der Waals surface area contributed by atoms with Gasteiger partial charge >= 0.3 is 0 Å². The summed E-state index contributed by atoms with van der Waals surface area (Å²) in [4.78, 5) is 14.3. The van der Waals surface area contributed by atoms with Crippen molar-refractivity contribution in [1.29, 1.82) is 0 Å². The number of morpholine rings is 1. The Bertz CT molecular complexity index is 1090. The smallest absolute Gasteiger partial charge is 0.298 e. The Morgan fingerprint density at radius 3 is 2.42 bits per heavy atom. The van der Waals surface area contributed by atoms with Crippen molar-refractivity contribution >= 4 is 11.7 Å². The lowest BCUT2D eigenvalue weighted by Crippen LogP contribution is -2.43. The SMILES string of the molecule is COc1cccc(CN(Cc2ccc(N3CCOCC3)cc2)c2nc(CN3CCN(C)CC3)co2)c1. The summed E-state index contributed by atoms with van der Waals surface area (Å²) in [5, 5.41) is 0. The molecular formula is C28H37N5O3. The maximum atomic E-state index is 6.03. The van der Waals surface area contributed by atoms with Gasteiger partial charge in [0.1, 0.15) is 12.0 Å². The fraction of sp³-hybridized carbons (Fsp3) is 0.464. The molecule has 8 nitrogen and oxygen atoms in total. The van der Waals surface area contributed by atoms with Gasteiger partial charge in [0.25, 0.3) is 6.01 Å². The Labute approximate surface area is 214 Å². The van der Waals surface area contributed by atoms with Crippen molar-refractivity contribution in [1.82, 2.24) is 14.8 Å². The first-order valence-electron chi connectivity index (χ1n) is 12.8. The van der Waals surface area contributed by atoms with Crippen molar-refractivity contribution in [3.05, 3.63) is 71.6 Å². The van der Waals surface area contributed by atoms with E-state index in [-0.39, 0.29) is 0 Å². The van der Waals surface area contributed by atoms with Gasteiger partial charge in [-0.1, -0.05) is 24.3 Å². The lowest BCUT2D eigenvalue weighted by Gasteiger charge is -2.31. The molecule has 1 aromatic heterocycles. The molecule has 0 aliphatic carbocycles. The van der Waals surface area contributed by atoms with Crippen molar-refractivity contribution in [2.45, 2.75) is 19.6 Å². The Morgan fingerprint density at radius 2 is 1.67 bits per heavy atom. The Kier molecular flexibility index (Phi) is 8.05. The van der Waals surface area contributed by atoms with Crippen molar-refractivity contribution in [3.63, 3.8) is 0 Å². The van der Waals surface area contributed by atoms with Gasteiger partial charge in [-0.25, -0.2) is 0 Å². The summed E-state index contributed by atoms with van der Waals surface area (Å²) in [6.07, 6.45) is 1.81. The molecule has 8 heteroatoms. The Morgan fingerprint density at radius 1 is 0.917 bits per heavy atom. The highest BCUT2D eigenvalue weighted by molar-refractivity contribution is 5.48. The van der Waals surface area contributed by atoms with E-state index in [4.69, 9.17) is 18.9 Å². The van der Waals surface area contributed by atoms with Crippen molar-refractivity contribution in [2.75, 3.05) is 76.4 Å². The van der Waals surface area contributed by atoms with Crippen molar-refractivity contribution in [2.24, 2.45) is 0 Å². The quantitative estimate of drug-likeness (QED) is 0.451. The van der Waals surface area contributed by atoms with Crippen molar-refractivity contribution < 1.29 is 13.9 Å². The monoisotopic (exact) mass is 491 g/mol. The van der Waals surface area contributed by atoms with Crippen LogP contribution in [0.25, 0.3) is 0 Å². The van der Waals surface area contributed by atoms with E-state index >= 15 is 0 Å². The molecule has 0 saturated carbocycles. The van der Waals surface area contributed by atoms with Crippen LogP contribution < -0.4 is 14.5 Å². The van der Waals surface area contributed by atoms with E-state index in [9.17, 15) is 0 Å². The molecule has 0 bridgehead atoms. The maximum absolute atomic E-state index is 6.03. The van der Waals surface area contributed by atoms with Gasteiger partial charge in [-0.05, 0) is 42.4 Å². The van der Waals surface area contributed by atoms with Gasteiger partial charge in [0, 0.05) is 64.6 Å². The topological polar surface area (TPSA) is 57.5 Å². The lowest BCUT2D eigenvalue weighted by molar-refractivity contribution is 0.122. The van der Waals surface area contributed by atoms with Gasteiger partial charge < -0.3 is 28.6 Å². The van der Waals surface area contributed by atoms with Crippen molar-refractivity contribution in [3.8, 4) is 5.75 Å². The summed E-state index contributed by atoms with van der Waals surface area (Å²) in [6.45, 7) is 9.95. The molecule has 2 fully saturated rings. The number of rotatable bonds is 9. The van der Waals surface area contributed by atoms with E-state index in [1.165, 1.54) is 11.3 Å². The van der Waals surface area contributed by atoms with Gasteiger partial charge in [-0.15, -0.1) is 0 Å². The molecule has 2 saturated heterocycles. The fourth-order valence-electron chi connectivity index (χ4n) is 4.79. The van der Waals surface area contributed by atoms with E-state index in [0.29, 0.717) is 19.1 Å². The molecule has 0 radical (unpaired) electrons. The van der Waals surface area contributed by atoms with E-state index in [1.807, 2.05) is 18.4 Å². The molecule has 3 aromatic rings. The van der Waals surface area contributed by atoms with Gasteiger partial charge in [0.15, 0.2) is 0 Å². The number of methoxy groups -OCH3 is 1. The number of hydrogen-bond donors (Lipinski definition) is 0. The zero-order chi connectivity index (χ0) is 24.7. The van der Waals surface area contributed by atoms with Crippen LogP contribution in [0.4, 0.5) is 11.7 Å². The minimum Gasteiger partial charge on any atom is -0.497 e. The normalized spacial score (nSPS) is 17.3. The first kappa shape index (κ1) is 24.6. The number of anilines is 2. The van der Waals surface area contributed by atoms with Gasteiger partial charge in [-0.3, -0.25) is 4.90 Å². The number of hydrogen-bond acceptors (Lipinski definition) is 8. The Balaban J connectivity index is 1.31. The molecule has 0 amide bonds. The van der Waals surface area contributed by atoms with Gasteiger partial charge in [0.05, 0.1) is 26.0 Å². The summed E-state index contributed by atoms with van der Waals surface area (Å²) >= 11 is 0. The van der Waals surface area contributed by atoms with Crippen LogP contribution in [0.2, 0.25) is 0 Å². The fourth-order valence-corrected chi connectivity index (χ4v) is 4.79. The molecule has 36 heavy (non-hydrogen) atoms. The molecule has 0 unspecified atom stereocenters. The van der Waals surface area contributed by atoms with E-state index < -0.39 is 0 Å². The number of nitrogens with zero attached hydrogens (tertiary/aromatic N) is 5. The maximum Gasteiger partial charge on any atom is 0.298 e. The third-order valence-corrected chi connectivity index (χ3v) is 6.99. The summed E-state index contributed by atoms with van der Waals surface area (Å²) in [6, 6.07) is 17.7. The Hall–Kier alpha value is -3.07. The third-order valence-electron chi connectivity index (χ3n) is 6.99. The summed E-state index contributed by atoms with van der Waals surface area (Å²) in [5.74, 6) is 0.852. The molecule has 192 valence electrons. The molecule has 0 N–H and O–H groups in total. The average molecular weight is 492 g/mol. The summed E-state index contributed by atoms with van der Waals surface area (Å²) in [7, 11) is 3.88. The van der Waals surface area contributed by atoms with Crippen LogP contribution in [-0.4, -0.2) is 81.4 Å². The zero-order valence-electron chi connectivity index (χ0n) is 21.4. The van der Waals surface area contributed by atoms with Crippen LogP contribution >= 0.6 is 0 Å². The van der Waals surface area contributed by atoms with Gasteiger partial charge in [-0.2, -0.15) is 4.98 Å². The van der Waals surface area contributed by atoms with E-state index in [2.05, 4.69) is 63.0 Å². The van der Waals surface area contributed by atoms with Crippen LogP contribution in [0.15, 0.2) is 59.2 Å². The molecule has 5 rings (SSSR count). The zero-order valence-corrected chi connectivity index (χ0v) is 21.4. The number of piperazine rings is 1. The predicted molar refractivity (Wildman–Crippen MR) is 142 cm³/mol. The minimum absolute atomic E-state index is 0.652. The standard InChI is InChI=1S/C28H37N5O3/c1-30-10-12-31(13-11-30)21-25-22-36-28(29-25)33(20-24-4-3-5-27(18-24)34-2)19-23-6-8-26(9-7-23)32-14-16-35-17-15-32/h3-9,18,22H,10-17,19-21H2,1-2H3. The average Bonchev–Trinajstić information content (AvgIpc) is 3.39. The molecule has 0 atom stereocenters. The van der Waals surface area contributed by atoms with Crippen LogP contribution in [0.1, 0.15) is 16.8 Å². The third kappa shape index (κ3) is 6.37. The van der Waals surface area contributed by atoms with Crippen LogP contribution in [0, 0.1) is 0 Å². The van der Waals surface area contributed by atoms with Crippen LogP contribution in [0.3, 0.4) is 0 Å². The largest absolute Gasteiger partial charge is 0.497 e. The van der Waals surface area contributed by atoms with Crippen LogP contribution in [0.5, 0.6) is 5.75 Å². The van der Waals surface area contributed by atoms with E-state index in [0.717, 1.165) is 76.0 Å². The number of oxazole rings is 1. The predicted octanol–water partition coefficient (Wildman–Crippen LogP) is 3.47. The molecule has 2 aromatic carbocycles. The summed E-state index contributed by atoms with van der Waals surface area (Å²) < 4.78 is 17.0. The van der Waals surface area contributed by atoms with E-state index in [1.54, 1.807) is 7.11 Å². The summed E-state index contributed by atoms with van der Waals surface area (Å²) in [5.41, 5.74) is 4.59. The second-order valence-electron chi connectivity index (χ2n) is 9.67. The molecular weight excluding hydrogens is 454 g/mol. The lowest BCUT2D eigenvalue weighted by atomic mass is 10.1. The number of ether oxygens (including phenoxy) is 2. The number of aromatic nitrogens is 1. The number of likely N-dealkylation sites (N-methyl/N-ethyl adjacent to an activating group) is 1. The first-order chi connectivity index (χ1) is 17.7. The molecule has 0 spiro atoms. The second kappa shape index (κ2) is 11.8. The minimum atomic E-state index is 0.652. The molecule has 2 aliphatic rings. The highest BCUT2D eigenvalue weighted by atomic mass is 16.5. The second-order valence-corrected chi connectivity index (χ2v) is 9.67. The first-order valence-corrected chi connectivity index (χ1v) is 12.8. The van der Waals surface area contributed by atoms with Gasteiger partial charge in [0.2, 0.25) is 0 Å². The molecule has 3 heterocycles. The molecule has 2 aliphatic heterocycles. The highest BCUT2D eigenvalue weighted by Crippen LogP contribution is 2.24. The van der Waals surface area contributed by atoms with Crippen LogP contribution in [-0.2, 0) is 24.4 Å².